The standard InChI is InChI=1S/C8H15NO4/c9-3-5(10)7(11)6(8(12)13)4-1-2-4/h4-7,10-11H,1-3,9H2,(H,12,13). The number of aliphatic hydroxyl groups excluding tert-OH is 2. The van der Waals surface area contributed by atoms with E-state index in [1.54, 1.807) is 0 Å². The lowest BCUT2D eigenvalue weighted by Crippen LogP contribution is -2.42. The average molecular weight is 189 g/mol. The molecule has 0 aliphatic heterocycles. The van der Waals surface area contributed by atoms with E-state index in [1.807, 2.05) is 0 Å². The maximum absolute atomic E-state index is 10.7. The summed E-state index contributed by atoms with van der Waals surface area (Å²) in [6, 6.07) is 0. The Balaban J connectivity index is 2.57. The van der Waals surface area contributed by atoms with Gasteiger partial charge >= 0.3 is 5.97 Å². The van der Waals surface area contributed by atoms with Gasteiger partial charge in [0.1, 0.15) is 0 Å². The van der Waals surface area contributed by atoms with Crippen molar-refractivity contribution >= 4 is 5.97 Å². The molecule has 5 heteroatoms. The fourth-order valence-corrected chi connectivity index (χ4v) is 1.46. The number of hydrogen-bond donors (Lipinski definition) is 4. The number of nitrogens with two attached hydrogens (primary N) is 1. The van der Waals surface area contributed by atoms with Crippen LogP contribution in [0.5, 0.6) is 0 Å². The van der Waals surface area contributed by atoms with Gasteiger partial charge in [-0.15, -0.1) is 0 Å². The molecule has 3 unspecified atom stereocenters. The Kier molecular flexibility index (Phi) is 3.24. The normalized spacial score (nSPS) is 23.6. The van der Waals surface area contributed by atoms with Crippen LogP contribution in [0.25, 0.3) is 0 Å². The van der Waals surface area contributed by atoms with Crippen LogP contribution in [0.2, 0.25) is 0 Å². The highest BCUT2D eigenvalue weighted by atomic mass is 16.4. The number of hydrogen-bond acceptors (Lipinski definition) is 4. The Hall–Kier alpha value is -0.650. The van der Waals surface area contributed by atoms with Crippen LogP contribution in [0.4, 0.5) is 0 Å². The molecule has 5 N–H and O–H groups in total. The van der Waals surface area contributed by atoms with Gasteiger partial charge in [0.25, 0.3) is 0 Å². The number of aliphatic hydroxyl groups is 2. The zero-order valence-electron chi connectivity index (χ0n) is 7.26. The fourth-order valence-electron chi connectivity index (χ4n) is 1.46. The second-order valence-electron chi connectivity index (χ2n) is 3.50. The highest BCUT2D eigenvalue weighted by molar-refractivity contribution is 5.71. The van der Waals surface area contributed by atoms with Crippen molar-refractivity contribution in [2.75, 3.05) is 6.54 Å². The first-order valence-electron chi connectivity index (χ1n) is 4.37. The number of carboxylic acids is 1. The first-order valence-corrected chi connectivity index (χ1v) is 4.37. The lowest BCUT2D eigenvalue weighted by Gasteiger charge is -2.22. The van der Waals surface area contributed by atoms with Crippen molar-refractivity contribution in [1.29, 1.82) is 0 Å². The number of carbonyl (C=O) groups is 1. The average Bonchev–Trinajstić information content (AvgIpc) is 2.86. The van der Waals surface area contributed by atoms with E-state index in [4.69, 9.17) is 10.8 Å². The second-order valence-corrected chi connectivity index (χ2v) is 3.50. The van der Waals surface area contributed by atoms with Gasteiger partial charge in [-0.2, -0.15) is 0 Å². The summed E-state index contributed by atoms with van der Waals surface area (Å²) >= 11 is 0. The van der Waals surface area contributed by atoms with E-state index in [0.717, 1.165) is 12.8 Å². The summed E-state index contributed by atoms with van der Waals surface area (Å²) in [7, 11) is 0. The predicted molar refractivity (Wildman–Crippen MR) is 44.9 cm³/mol. The van der Waals surface area contributed by atoms with Gasteiger partial charge < -0.3 is 21.1 Å². The van der Waals surface area contributed by atoms with Gasteiger partial charge in [-0.1, -0.05) is 0 Å². The molecule has 0 amide bonds. The van der Waals surface area contributed by atoms with E-state index in [-0.39, 0.29) is 12.5 Å². The minimum atomic E-state index is -1.24. The van der Waals surface area contributed by atoms with Gasteiger partial charge in [0.05, 0.1) is 18.1 Å². The first-order chi connectivity index (χ1) is 6.07. The van der Waals surface area contributed by atoms with Gasteiger partial charge in [-0.3, -0.25) is 4.79 Å². The van der Waals surface area contributed by atoms with Crippen molar-refractivity contribution in [3.63, 3.8) is 0 Å². The van der Waals surface area contributed by atoms with Crippen molar-refractivity contribution in [2.45, 2.75) is 25.0 Å². The number of aliphatic carboxylic acids is 1. The van der Waals surface area contributed by atoms with Gasteiger partial charge in [0.15, 0.2) is 0 Å². The van der Waals surface area contributed by atoms with Gasteiger partial charge in [0.2, 0.25) is 0 Å². The molecule has 0 aromatic rings. The van der Waals surface area contributed by atoms with Crippen LogP contribution in [0.1, 0.15) is 12.8 Å². The summed E-state index contributed by atoms with van der Waals surface area (Å²) in [5.41, 5.74) is 5.13. The molecule has 5 nitrogen and oxygen atoms in total. The maximum atomic E-state index is 10.7. The molecule has 1 aliphatic carbocycles. The van der Waals surface area contributed by atoms with Crippen molar-refractivity contribution in [2.24, 2.45) is 17.6 Å². The molecule has 13 heavy (non-hydrogen) atoms. The van der Waals surface area contributed by atoms with E-state index < -0.39 is 24.1 Å². The van der Waals surface area contributed by atoms with Crippen LogP contribution in [0.3, 0.4) is 0 Å². The molecule has 1 fully saturated rings. The quantitative estimate of drug-likeness (QED) is 0.434. The molecule has 1 saturated carbocycles. The summed E-state index contributed by atoms with van der Waals surface area (Å²) in [4.78, 5) is 10.7. The summed E-state index contributed by atoms with van der Waals surface area (Å²) in [5.74, 6) is -1.91. The third-order valence-corrected chi connectivity index (χ3v) is 2.42. The summed E-state index contributed by atoms with van der Waals surface area (Å²) in [5, 5.41) is 27.4. The maximum Gasteiger partial charge on any atom is 0.309 e. The van der Waals surface area contributed by atoms with Crippen LogP contribution in [-0.4, -0.2) is 40.0 Å². The molecular weight excluding hydrogens is 174 g/mol. The SMILES string of the molecule is NCC(O)C(O)C(C(=O)O)C1CC1. The Morgan fingerprint density at radius 3 is 2.31 bits per heavy atom. The first kappa shape index (κ1) is 10.4. The van der Waals surface area contributed by atoms with Crippen molar-refractivity contribution in [1.82, 2.24) is 0 Å². The largest absolute Gasteiger partial charge is 0.481 e. The van der Waals surface area contributed by atoms with Crippen LogP contribution in [0, 0.1) is 11.8 Å². The van der Waals surface area contributed by atoms with Gasteiger partial charge in [0, 0.05) is 6.54 Å². The number of carboxylic acid groups (broad SMARTS) is 1. The fraction of sp³-hybridized carbons (Fsp3) is 0.875. The molecular formula is C8H15NO4. The third kappa shape index (κ3) is 2.40. The Morgan fingerprint density at radius 1 is 1.46 bits per heavy atom. The van der Waals surface area contributed by atoms with Crippen LogP contribution in [0.15, 0.2) is 0 Å². The summed E-state index contributed by atoms with van der Waals surface area (Å²) < 4.78 is 0. The molecule has 0 radical (unpaired) electrons. The molecule has 0 spiro atoms. The van der Waals surface area contributed by atoms with E-state index in [9.17, 15) is 15.0 Å². The van der Waals surface area contributed by atoms with Crippen LogP contribution < -0.4 is 5.73 Å². The van der Waals surface area contributed by atoms with Crippen molar-refractivity contribution < 1.29 is 20.1 Å². The Labute approximate surface area is 76.2 Å². The third-order valence-electron chi connectivity index (χ3n) is 2.42. The minimum absolute atomic E-state index is 0.00806. The van der Waals surface area contributed by atoms with Crippen LogP contribution >= 0.6 is 0 Å². The van der Waals surface area contributed by atoms with E-state index in [1.165, 1.54) is 0 Å². The smallest absolute Gasteiger partial charge is 0.309 e. The minimum Gasteiger partial charge on any atom is -0.481 e. The highest BCUT2D eigenvalue weighted by Crippen LogP contribution is 2.39. The topological polar surface area (TPSA) is 104 Å². The molecule has 0 bridgehead atoms. The lowest BCUT2D eigenvalue weighted by atomic mass is 9.93. The van der Waals surface area contributed by atoms with Gasteiger partial charge in [-0.25, -0.2) is 0 Å². The Bertz CT molecular complexity index is 193. The van der Waals surface area contributed by atoms with E-state index >= 15 is 0 Å². The molecule has 0 saturated heterocycles. The van der Waals surface area contributed by atoms with E-state index in [2.05, 4.69) is 0 Å². The van der Waals surface area contributed by atoms with E-state index in [0.29, 0.717) is 0 Å². The molecule has 1 rings (SSSR count). The second kappa shape index (κ2) is 4.04. The van der Waals surface area contributed by atoms with Crippen molar-refractivity contribution in [3.8, 4) is 0 Å². The molecule has 3 atom stereocenters. The Morgan fingerprint density at radius 2 is 2.00 bits per heavy atom. The highest BCUT2D eigenvalue weighted by Gasteiger charge is 2.43. The molecule has 0 aromatic heterocycles. The van der Waals surface area contributed by atoms with Crippen molar-refractivity contribution in [3.05, 3.63) is 0 Å². The molecule has 1 aliphatic rings. The van der Waals surface area contributed by atoms with Gasteiger partial charge in [-0.05, 0) is 18.8 Å². The zero-order valence-corrected chi connectivity index (χ0v) is 7.26. The molecule has 0 aromatic carbocycles. The summed E-state index contributed by atoms with van der Waals surface area (Å²) in [6.45, 7) is -0.113. The summed E-state index contributed by atoms with van der Waals surface area (Å²) in [6.07, 6.45) is -0.756. The molecule has 76 valence electrons. The monoisotopic (exact) mass is 189 g/mol. The predicted octanol–water partition coefficient (Wildman–Crippen LogP) is -1.22. The molecule has 0 heterocycles. The lowest BCUT2D eigenvalue weighted by molar-refractivity contribution is -0.150. The zero-order chi connectivity index (χ0) is 10.0. The number of rotatable bonds is 5. The van der Waals surface area contributed by atoms with Crippen LogP contribution in [-0.2, 0) is 4.79 Å².